The minimum atomic E-state index is -0.432. The first-order chi connectivity index (χ1) is 9.63. The molecule has 2 rings (SSSR count). The number of ether oxygens (including phenoxy) is 3. The molecule has 0 amide bonds. The Hall–Kier alpha value is -1.27. The lowest BCUT2D eigenvalue weighted by Crippen LogP contribution is -2.16. The van der Waals surface area contributed by atoms with E-state index in [1.54, 1.807) is 7.11 Å². The molecule has 20 heavy (non-hydrogen) atoms. The van der Waals surface area contributed by atoms with Gasteiger partial charge >= 0.3 is 5.97 Å². The van der Waals surface area contributed by atoms with Crippen LogP contribution in [0.25, 0.3) is 0 Å². The van der Waals surface area contributed by atoms with E-state index in [4.69, 9.17) is 9.47 Å². The van der Waals surface area contributed by atoms with Gasteiger partial charge < -0.3 is 19.5 Å². The molecule has 6 heteroatoms. The van der Waals surface area contributed by atoms with E-state index in [0.717, 1.165) is 16.6 Å². The Morgan fingerprint density at radius 2 is 2.15 bits per heavy atom. The van der Waals surface area contributed by atoms with Crippen LogP contribution in [-0.2, 0) is 16.1 Å². The van der Waals surface area contributed by atoms with Crippen molar-refractivity contribution in [3.63, 3.8) is 0 Å². The fourth-order valence-corrected chi connectivity index (χ4v) is 2.36. The maximum atomic E-state index is 11.1. The molecule has 1 fully saturated rings. The van der Waals surface area contributed by atoms with Crippen molar-refractivity contribution in [2.75, 3.05) is 20.8 Å². The van der Waals surface area contributed by atoms with E-state index in [0.29, 0.717) is 17.5 Å². The lowest BCUT2D eigenvalue weighted by atomic mass is 10.2. The predicted molar refractivity (Wildman–Crippen MR) is 78.1 cm³/mol. The lowest BCUT2D eigenvalue weighted by Gasteiger charge is -2.14. The molecule has 0 unspecified atom stereocenters. The summed E-state index contributed by atoms with van der Waals surface area (Å²) in [4.78, 5) is 11.1. The van der Waals surface area contributed by atoms with Crippen molar-refractivity contribution in [1.29, 1.82) is 0 Å². The molecular weight excluding hydrogens is 326 g/mol. The fourth-order valence-electron chi connectivity index (χ4n) is 1.76. The molecule has 5 nitrogen and oxygen atoms in total. The Kier molecular flexibility index (Phi) is 5.25. The van der Waals surface area contributed by atoms with Gasteiger partial charge in [-0.2, -0.15) is 0 Å². The van der Waals surface area contributed by atoms with Crippen molar-refractivity contribution in [1.82, 2.24) is 5.32 Å². The summed E-state index contributed by atoms with van der Waals surface area (Å²) < 4.78 is 16.1. The van der Waals surface area contributed by atoms with Gasteiger partial charge in [-0.25, -0.2) is 4.79 Å². The standard InChI is InChI=1S/C14H18BrNO4/c1-18-12-6-9(7-16-10-3-4-10)5-11(15)14(12)20-8-13(17)19-2/h5-6,10,16H,3-4,7-8H2,1-2H3. The van der Waals surface area contributed by atoms with Crippen molar-refractivity contribution in [3.8, 4) is 11.5 Å². The second-order valence-electron chi connectivity index (χ2n) is 4.63. The van der Waals surface area contributed by atoms with Crippen LogP contribution in [0.2, 0.25) is 0 Å². The van der Waals surface area contributed by atoms with Crippen LogP contribution in [0.5, 0.6) is 11.5 Å². The minimum Gasteiger partial charge on any atom is -0.493 e. The number of hydrogen-bond acceptors (Lipinski definition) is 5. The molecule has 0 spiro atoms. The van der Waals surface area contributed by atoms with Crippen molar-refractivity contribution in [3.05, 3.63) is 22.2 Å². The monoisotopic (exact) mass is 343 g/mol. The third-order valence-electron chi connectivity index (χ3n) is 3.02. The van der Waals surface area contributed by atoms with Gasteiger partial charge in [-0.3, -0.25) is 0 Å². The van der Waals surface area contributed by atoms with E-state index < -0.39 is 5.97 Å². The summed E-state index contributed by atoms with van der Waals surface area (Å²) in [5, 5.41) is 3.44. The zero-order chi connectivity index (χ0) is 14.5. The van der Waals surface area contributed by atoms with Crippen LogP contribution >= 0.6 is 15.9 Å². The molecule has 0 saturated heterocycles. The van der Waals surface area contributed by atoms with Gasteiger partial charge in [0.05, 0.1) is 18.7 Å². The highest BCUT2D eigenvalue weighted by molar-refractivity contribution is 9.10. The SMILES string of the molecule is COC(=O)COc1c(Br)cc(CNC2CC2)cc1OC. The fraction of sp³-hybridized carbons (Fsp3) is 0.500. The molecule has 0 aliphatic heterocycles. The Bertz CT molecular complexity index is 488. The number of carbonyl (C=O) groups excluding carboxylic acids is 1. The highest BCUT2D eigenvalue weighted by atomic mass is 79.9. The molecule has 1 N–H and O–H groups in total. The Morgan fingerprint density at radius 3 is 2.75 bits per heavy atom. The van der Waals surface area contributed by atoms with E-state index in [-0.39, 0.29) is 6.61 Å². The molecular formula is C14H18BrNO4. The van der Waals surface area contributed by atoms with E-state index in [1.165, 1.54) is 20.0 Å². The third kappa shape index (κ3) is 4.11. The topological polar surface area (TPSA) is 56.8 Å². The highest BCUT2D eigenvalue weighted by Crippen LogP contribution is 2.36. The smallest absolute Gasteiger partial charge is 0.343 e. The maximum absolute atomic E-state index is 11.1. The second-order valence-corrected chi connectivity index (χ2v) is 5.48. The normalized spacial score (nSPS) is 13.9. The average molecular weight is 344 g/mol. The van der Waals surface area contributed by atoms with Crippen LogP contribution in [0.15, 0.2) is 16.6 Å². The largest absolute Gasteiger partial charge is 0.493 e. The van der Waals surface area contributed by atoms with Gasteiger partial charge in [0.2, 0.25) is 0 Å². The summed E-state index contributed by atoms with van der Waals surface area (Å²) in [7, 11) is 2.90. The molecule has 1 aliphatic carbocycles. The second kappa shape index (κ2) is 6.95. The molecule has 0 heterocycles. The number of esters is 1. The van der Waals surface area contributed by atoms with Crippen LogP contribution < -0.4 is 14.8 Å². The quantitative estimate of drug-likeness (QED) is 0.769. The Morgan fingerprint density at radius 1 is 1.40 bits per heavy atom. The lowest BCUT2D eigenvalue weighted by molar-refractivity contribution is -0.142. The number of hydrogen-bond donors (Lipinski definition) is 1. The summed E-state index contributed by atoms with van der Waals surface area (Å²) in [6.45, 7) is 0.641. The predicted octanol–water partition coefficient (Wildman–Crippen LogP) is 2.26. The molecule has 1 aromatic carbocycles. The number of benzene rings is 1. The van der Waals surface area contributed by atoms with E-state index in [1.807, 2.05) is 12.1 Å². The first-order valence-corrected chi connectivity index (χ1v) is 7.22. The first-order valence-electron chi connectivity index (χ1n) is 6.43. The van der Waals surface area contributed by atoms with Crippen LogP contribution in [0.3, 0.4) is 0 Å². The van der Waals surface area contributed by atoms with Gasteiger partial charge in [0.25, 0.3) is 0 Å². The van der Waals surface area contributed by atoms with Gasteiger partial charge in [0, 0.05) is 12.6 Å². The Labute approximate surface area is 126 Å². The molecule has 110 valence electrons. The zero-order valence-corrected chi connectivity index (χ0v) is 13.2. The van der Waals surface area contributed by atoms with E-state index in [9.17, 15) is 4.79 Å². The molecule has 0 atom stereocenters. The molecule has 0 aromatic heterocycles. The number of nitrogens with one attached hydrogen (secondary N) is 1. The maximum Gasteiger partial charge on any atom is 0.343 e. The van der Waals surface area contributed by atoms with Crippen LogP contribution in [-0.4, -0.2) is 32.8 Å². The van der Waals surface area contributed by atoms with Crippen LogP contribution in [0.4, 0.5) is 0 Å². The third-order valence-corrected chi connectivity index (χ3v) is 3.61. The Balaban J connectivity index is 2.07. The van der Waals surface area contributed by atoms with Crippen LogP contribution in [0, 0.1) is 0 Å². The van der Waals surface area contributed by atoms with Crippen molar-refractivity contribution in [2.24, 2.45) is 0 Å². The van der Waals surface area contributed by atoms with E-state index >= 15 is 0 Å². The zero-order valence-electron chi connectivity index (χ0n) is 11.6. The van der Waals surface area contributed by atoms with Gasteiger partial charge in [0.15, 0.2) is 18.1 Å². The van der Waals surface area contributed by atoms with Crippen molar-refractivity contribution >= 4 is 21.9 Å². The van der Waals surface area contributed by atoms with Gasteiger partial charge in [-0.15, -0.1) is 0 Å². The number of halogens is 1. The molecule has 0 bridgehead atoms. The molecule has 0 radical (unpaired) electrons. The van der Waals surface area contributed by atoms with Gasteiger partial charge in [-0.05, 0) is 46.5 Å². The van der Waals surface area contributed by atoms with E-state index in [2.05, 4.69) is 26.0 Å². The van der Waals surface area contributed by atoms with Crippen LogP contribution in [0.1, 0.15) is 18.4 Å². The number of carbonyl (C=O) groups is 1. The average Bonchev–Trinajstić information content (AvgIpc) is 3.27. The van der Waals surface area contributed by atoms with Gasteiger partial charge in [0.1, 0.15) is 0 Å². The summed E-state index contributed by atoms with van der Waals surface area (Å²) >= 11 is 3.45. The highest BCUT2D eigenvalue weighted by Gasteiger charge is 2.20. The molecule has 1 aliphatic rings. The summed E-state index contributed by atoms with van der Waals surface area (Å²) in [5.74, 6) is 0.669. The number of rotatable bonds is 7. The number of methoxy groups -OCH3 is 2. The summed E-state index contributed by atoms with van der Waals surface area (Å²) in [6.07, 6.45) is 2.50. The minimum absolute atomic E-state index is 0.148. The first kappa shape index (κ1) is 15.1. The summed E-state index contributed by atoms with van der Waals surface area (Å²) in [5.41, 5.74) is 1.10. The summed E-state index contributed by atoms with van der Waals surface area (Å²) in [6, 6.07) is 4.52. The molecule has 1 aromatic rings. The molecule has 1 saturated carbocycles. The van der Waals surface area contributed by atoms with Gasteiger partial charge in [-0.1, -0.05) is 0 Å². The van der Waals surface area contributed by atoms with Crippen molar-refractivity contribution < 1.29 is 19.0 Å². The van der Waals surface area contributed by atoms with Crippen molar-refractivity contribution in [2.45, 2.75) is 25.4 Å².